The van der Waals surface area contributed by atoms with Gasteiger partial charge >= 0.3 is 0 Å². The second kappa shape index (κ2) is 11.9. The highest BCUT2D eigenvalue weighted by molar-refractivity contribution is 14.0. The van der Waals surface area contributed by atoms with Gasteiger partial charge in [0.25, 0.3) is 0 Å². The predicted molar refractivity (Wildman–Crippen MR) is 123 cm³/mol. The molecule has 0 aromatic heterocycles. The standard InChI is InChI=1S/C18H35N5O3S.HI/c1-19-18(23-11-7-16(15-23)22-9-3-4-10-22)20-8-13-27(24,25)21-14-17-6-2-5-12-26-17;/h16-17,21H,2-15H2,1H3,(H,19,20);1H. The first-order valence-corrected chi connectivity index (χ1v) is 12.0. The Morgan fingerprint density at radius 1 is 1.14 bits per heavy atom. The maximum absolute atomic E-state index is 12.2. The third-order valence-electron chi connectivity index (χ3n) is 5.79. The third-order valence-corrected chi connectivity index (χ3v) is 7.14. The number of likely N-dealkylation sites (tertiary alicyclic amines) is 2. The molecule has 2 N–H and O–H groups in total. The Bertz CT molecular complexity index is 592. The minimum absolute atomic E-state index is 0. The summed E-state index contributed by atoms with van der Waals surface area (Å²) in [5.41, 5.74) is 0. The van der Waals surface area contributed by atoms with E-state index in [-0.39, 0.29) is 35.8 Å². The molecule has 28 heavy (non-hydrogen) atoms. The van der Waals surface area contributed by atoms with Crippen LogP contribution in [0.1, 0.15) is 38.5 Å². The van der Waals surface area contributed by atoms with Gasteiger partial charge in [0, 0.05) is 45.9 Å². The first-order chi connectivity index (χ1) is 13.1. The number of guanidine groups is 1. The second-order valence-corrected chi connectivity index (χ2v) is 9.69. The molecule has 3 aliphatic rings. The zero-order valence-corrected chi connectivity index (χ0v) is 20.1. The van der Waals surface area contributed by atoms with Crippen LogP contribution < -0.4 is 10.0 Å². The van der Waals surface area contributed by atoms with Crippen molar-refractivity contribution in [3.05, 3.63) is 0 Å². The molecule has 2 atom stereocenters. The molecule has 0 amide bonds. The zero-order chi connectivity index (χ0) is 19.1. The van der Waals surface area contributed by atoms with E-state index in [2.05, 4.69) is 24.8 Å². The van der Waals surface area contributed by atoms with E-state index in [1.54, 1.807) is 7.05 Å². The summed E-state index contributed by atoms with van der Waals surface area (Å²) in [5, 5.41) is 3.22. The van der Waals surface area contributed by atoms with Crippen molar-refractivity contribution in [3.8, 4) is 0 Å². The fourth-order valence-electron chi connectivity index (χ4n) is 4.23. The largest absolute Gasteiger partial charge is 0.377 e. The van der Waals surface area contributed by atoms with E-state index >= 15 is 0 Å². The molecule has 0 bridgehead atoms. The van der Waals surface area contributed by atoms with Crippen molar-refractivity contribution in [1.82, 2.24) is 19.8 Å². The number of nitrogens with zero attached hydrogens (tertiary/aromatic N) is 3. The van der Waals surface area contributed by atoms with E-state index in [1.165, 1.54) is 25.9 Å². The first-order valence-electron chi connectivity index (χ1n) is 10.4. The molecular weight excluding hydrogens is 493 g/mol. The Balaban J connectivity index is 0.00000280. The molecule has 3 fully saturated rings. The van der Waals surface area contributed by atoms with Crippen LogP contribution in [0.4, 0.5) is 0 Å². The Labute approximate surface area is 186 Å². The van der Waals surface area contributed by atoms with E-state index in [0.29, 0.717) is 19.1 Å². The number of aliphatic imine (C=N–C) groups is 1. The van der Waals surface area contributed by atoms with Crippen molar-refractivity contribution in [2.75, 3.05) is 58.7 Å². The lowest BCUT2D eigenvalue weighted by Gasteiger charge is -2.25. The van der Waals surface area contributed by atoms with Gasteiger partial charge < -0.3 is 15.0 Å². The van der Waals surface area contributed by atoms with E-state index in [9.17, 15) is 8.42 Å². The lowest BCUT2D eigenvalue weighted by atomic mass is 10.1. The van der Waals surface area contributed by atoms with Gasteiger partial charge in [0.1, 0.15) is 0 Å². The summed E-state index contributed by atoms with van der Waals surface area (Å²) >= 11 is 0. The Hall–Kier alpha value is -0.170. The number of hydrogen-bond donors (Lipinski definition) is 2. The maximum Gasteiger partial charge on any atom is 0.213 e. The van der Waals surface area contributed by atoms with Crippen molar-refractivity contribution in [1.29, 1.82) is 0 Å². The van der Waals surface area contributed by atoms with Crippen molar-refractivity contribution >= 4 is 40.0 Å². The van der Waals surface area contributed by atoms with Gasteiger partial charge in [-0.2, -0.15) is 0 Å². The molecule has 0 aromatic carbocycles. The second-order valence-electron chi connectivity index (χ2n) is 7.76. The van der Waals surface area contributed by atoms with E-state index in [0.717, 1.165) is 51.3 Å². The van der Waals surface area contributed by atoms with Gasteiger partial charge in [-0.3, -0.25) is 9.89 Å². The highest BCUT2D eigenvalue weighted by Gasteiger charge is 2.30. The summed E-state index contributed by atoms with van der Waals surface area (Å²) in [6.07, 6.45) is 6.89. The number of hydrogen-bond acceptors (Lipinski definition) is 5. The zero-order valence-electron chi connectivity index (χ0n) is 16.9. The van der Waals surface area contributed by atoms with Crippen molar-refractivity contribution in [2.45, 2.75) is 50.7 Å². The number of halogens is 1. The molecule has 0 aliphatic carbocycles. The van der Waals surface area contributed by atoms with E-state index in [1.807, 2.05) is 0 Å². The predicted octanol–water partition coefficient (Wildman–Crippen LogP) is 0.838. The minimum Gasteiger partial charge on any atom is -0.377 e. The lowest BCUT2D eigenvalue weighted by Crippen LogP contribution is -2.45. The number of rotatable bonds is 7. The summed E-state index contributed by atoms with van der Waals surface area (Å²) in [5.74, 6) is 0.852. The molecule has 0 radical (unpaired) electrons. The van der Waals surface area contributed by atoms with Crippen LogP contribution in [0.15, 0.2) is 4.99 Å². The van der Waals surface area contributed by atoms with Crippen LogP contribution in [0.2, 0.25) is 0 Å². The van der Waals surface area contributed by atoms with Crippen molar-refractivity contribution in [3.63, 3.8) is 0 Å². The molecule has 0 spiro atoms. The van der Waals surface area contributed by atoms with Crippen LogP contribution in [0.3, 0.4) is 0 Å². The molecule has 3 saturated heterocycles. The van der Waals surface area contributed by atoms with Gasteiger partial charge in [0.2, 0.25) is 10.0 Å². The molecule has 8 nitrogen and oxygen atoms in total. The topological polar surface area (TPSA) is 86.3 Å². The summed E-state index contributed by atoms with van der Waals surface area (Å²) in [6, 6.07) is 0.604. The first kappa shape index (κ1) is 24.1. The van der Waals surface area contributed by atoms with Crippen LogP contribution in [0, 0.1) is 0 Å². The average molecular weight is 529 g/mol. The van der Waals surface area contributed by atoms with Gasteiger partial charge in [-0.05, 0) is 51.6 Å². The van der Waals surface area contributed by atoms with Gasteiger partial charge in [-0.1, -0.05) is 0 Å². The van der Waals surface area contributed by atoms with Crippen LogP contribution in [-0.4, -0.2) is 95.0 Å². The van der Waals surface area contributed by atoms with Gasteiger partial charge in [-0.25, -0.2) is 13.1 Å². The number of ether oxygens (including phenoxy) is 1. The quantitative estimate of drug-likeness (QED) is 0.289. The summed E-state index contributed by atoms with van der Waals surface area (Å²) in [4.78, 5) is 9.18. The minimum atomic E-state index is -3.31. The van der Waals surface area contributed by atoms with E-state index < -0.39 is 10.0 Å². The fourth-order valence-corrected chi connectivity index (χ4v) is 5.18. The summed E-state index contributed by atoms with van der Waals surface area (Å²) < 4.78 is 32.7. The third kappa shape index (κ3) is 7.26. The van der Waals surface area contributed by atoms with Gasteiger partial charge in [0.15, 0.2) is 5.96 Å². The molecule has 0 saturated carbocycles. The number of sulfonamides is 1. The molecule has 3 rings (SSSR count). The Kier molecular flexibility index (Phi) is 10.2. The van der Waals surface area contributed by atoms with Gasteiger partial charge in [0.05, 0.1) is 11.9 Å². The summed E-state index contributed by atoms with van der Waals surface area (Å²) in [6.45, 7) is 5.84. The molecule has 10 heteroatoms. The van der Waals surface area contributed by atoms with Crippen LogP contribution >= 0.6 is 24.0 Å². The lowest BCUT2D eigenvalue weighted by molar-refractivity contribution is 0.0200. The average Bonchev–Trinajstić information content (AvgIpc) is 3.36. The highest BCUT2D eigenvalue weighted by atomic mass is 127. The van der Waals surface area contributed by atoms with Crippen molar-refractivity contribution in [2.24, 2.45) is 4.99 Å². The smallest absolute Gasteiger partial charge is 0.213 e. The normalized spacial score (nSPS) is 27.0. The summed E-state index contributed by atoms with van der Waals surface area (Å²) in [7, 11) is -1.54. The van der Waals surface area contributed by atoms with E-state index in [4.69, 9.17) is 4.74 Å². The monoisotopic (exact) mass is 529 g/mol. The van der Waals surface area contributed by atoms with Crippen LogP contribution in [0.5, 0.6) is 0 Å². The van der Waals surface area contributed by atoms with Gasteiger partial charge in [-0.15, -0.1) is 24.0 Å². The highest BCUT2D eigenvalue weighted by Crippen LogP contribution is 2.20. The Morgan fingerprint density at radius 2 is 1.93 bits per heavy atom. The molecule has 3 aliphatic heterocycles. The Morgan fingerprint density at radius 3 is 2.61 bits per heavy atom. The molecular formula is C18H36IN5O3S. The fraction of sp³-hybridized carbons (Fsp3) is 0.944. The van der Waals surface area contributed by atoms with Crippen molar-refractivity contribution < 1.29 is 13.2 Å². The molecule has 0 aromatic rings. The molecule has 164 valence electrons. The number of nitrogens with one attached hydrogen (secondary N) is 2. The molecule has 3 heterocycles. The van der Waals surface area contributed by atoms with Crippen LogP contribution in [-0.2, 0) is 14.8 Å². The maximum atomic E-state index is 12.2. The molecule has 2 unspecified atom stereocenters. The van der Waals surface area contributed by atoms with Crippen LogP contribution in [0.25, 0.3) is 0 Å². The SMILES string of the molecule is CN=C(NCCS(=O)(=O)NCC1CCCCO1)N1CCC(N2CCCC2)C1.I.